The van der Waals surface area contributed by atoms with Crippen molar-refractivity contribution in [2.24, 2.45) is 10.9 Å². The maximum absolute atomic E-state index is 10.4. The Bertz CT molecular complexity index is 531. The van der Waals surface area contributed by atoms with Crippen molar-refractivity contribution >= 4 is 5.96 Å². The molecule has 5 heteroatoms. The largest absolute Gasteiger partial charge is 0.491 e. The molecule has 128 valence electrons. The Hall–Kier alpha value is -1.75. The fourth-order valence-electron chi connectivity index (χ4n) is 2.37. The standard InChI is InChI=1S/C18H29N3O2/c1-5-19-18(21-16-9-13(16)4)20-11-17(22)14-7-6-8-15(10-14)23-12(2)3/h6-8,10,12-13,16-17,22H,5,9,11H2,1-4H3,(H2,19,20,21). The molecule has 0 saturated heterocycles. The third kappa shape index (κ3) is 5.75. The van der Waals surface area contributed by atoms with E-state index in [4.69, 9.17) is 4.74 Å². The maximum atomic E-state index is 10.4. The second kappa shape index (κ2) is 8.20. The van der Waals surface area contributed by atoms with Gasteiger partial charge in [0.25, 0.3) is 0 Å². The third-order valence-corrected chi connectivity index (χ3v) is 3.81. The highest BCUT2D eigenvalue weighted by molar-refractivity contribution is 5.80. The molecule has 3 N–H and O–H groups in total. The van der Waals surface area contributed by atoms with Gasteiger partial charge in [-0.2, -0.15) is 0 Å². The van der Waals surface area contributed by atoms with E-state index in [2.05, 4.69) is 22.5 Å². The van der Waals surface area contributed by atoms with Crippen LogP contribution in [0.3, 0.4) is 0 Å². The number of rotatable bonds is 7. The maximum Gasteiger partial charge on any atom is 0.191 e. The van der Waals surface area contributed by atoms with Crippen LogP contribution >= 0.6 is 0 Å². The number of aliphatic hydroxyl groups excluding tert-OH is 1. The molecule has 1 saturated carbocycles. The average Bonchev–Trinajstić information content (AvgIpc) is 3.19. The van der Waals surface area contributed by atoms with E-state index in [-0.39, 0.29) is 6.10 Å². The quantitative estimate of drug-likeness (QED) is 0.533. The summed E-state index contributed by atoms with van der Waals surface area (Å²) in [4.78, 5) is 4.50. The van der Waals surface area contributed by atoms with Gasteiger partial charge in [-0.3, -0.25) is 4.99 Å². The monoisotopic (exact) mass is 319 g/mol. The van der Waals surface area contributed by atoms with Crippen molar-refractivity contribution in [2.75, 3.05) is 13.1 Å². The number of hydrogen-bond donors (Lipinski definition) is 3. The van der Waals surface area contributed by atoms with E-state index in [1.165, 1.54) is 6.42 Å². The van der Waals surface area contributed by atoms with Gasteiger partial charge in [0, 0.05) is 12.6 Å². The van der Waals surface area contributed by atoms with Gasteiger partial charge in [-0.05, 0) is 50.8 Å². The van der Waals surface area contributed by atoms with Crippen molar-refractivity contribution in [1.82, 2.24) is 10.6 Å². The molecular formula is C18H29N3O2. The van der Waals surface area contributed by atoms with Gasteiger partial charge in [0.1, 0.15) is 5.75 Å². The SMILES string of the molecule is CCNC(=NCC(O)c1cccc(OC(C)C)c1)NC1CC1C. The molecule has 0 aromatic heterocycles. The first-order valence-corrected chi connectivity index (χ1v) is 8.49. The zero-order valence-corrected chi connectivity index (χ0v) is 14.5. The first-order valence-electron chi connectivity index (χ1n) is 8.49. The first-order chi connectivity index (χ1) is 11.0. The molecule has 3 unspecified atom stereocenters. The Labute approximate surface area is 139 Å². The van der Waals surface area contributed by atoms with Crippen molar-refractivity contribution < 1.29 is 9.84 Å². The molecule has 1 aliphatic carbocycles. The number of aliphatic imine (C=N–C) groups is 1. The van der Waals surface area contributed by atoms with Gasteiger partial charge in [0.15, 0.2) is 5.96 Å². The Morgan fingerprint density at radius 1 is 1.43 bits per heavy atom. The number of benzene rings is 1. The molecule has 0 amide bonds. The molecule has 0 heterocycles. The summed E-state index contributed by atoms with van der Waals surface area (Å²) in [7, 11) is 0. The van der Waals surface area contributed by atoms with Crippen molar-refractivity contribution in [3.05, 3.63) is 29.8 Å². The minimum Gasteiger partial charge on any atom is -0.491 e. The van der Waals surface area contributed by atoms with E-state index >= 15 is 0 Å². The van der Waals surface area contributed by atoms with E-state index in [1.54, 1.807) is 0 Å². The Kier molecular flexibility index (Phi) is 6.28. The normalized spacial score (nSPS) is 21.9. The van der Waals surface area contributed by atoms with Crippen molar-refractivity contribution in [1.29, 1.82) is 0 Å². The zero-order chi connectivity index (χ0) is 16.8. The summed E-state index contributed by atoms with van der Waals surface area (Å²) in [6, 6.07) is 8.09. The highest BCUT2D eigenvalue weighted by atomic mass is 16.5. The second-order valence-electron chi connectivity index (χ2n) is 6.44. The van der Waals surface area contributed by atoms with Gasteiger partial charge in [-0.15, -0.1) is 0 Å². The topological polar surface area (TPSA) is 65.9 Å². The lowest BCUT2D eigenvalue weighted by molar-refractivity contribution is 0.185. The molecule has 1 aliphatic rings. The molecule has 1 aromatic carbocycles. The summed E-state index contributed by atoms with van der Waals surface area (Å²) in [6.45, 7) is 9.36. The lowest BCUT2D eigenvalue weighted by Crippen LogP contribution is -2.39. The Morgan fingerprint density at radius 2 is 2.17 bits per heavy atom. The van der Waals surface area contributed by atoms with E-state index in [9.17, 15) is 5.11 Å². The molecule has 2 rings (SSSR count). The number of aliphatic hydroxyl groups is 1. The van der Waals surface area contributed by atoms with Crippen LogP contribution in [0.25, 0.3) is 0 Å². The predicted octanol–water partition coefficient (Wildman–Crippen LogP) is 2.47. The van der Waals surface area contributed by atoms with E-state index in [1.807, 2.05) is 45.0 Å². The van der Waals surface area contributed by atoms with Crippen molar-refractivity contribution in [3.63, 3.8) is 0 Å². The first kappa shape index (κ1) is 17.6. The third-order valence-electron chi connectivity index (χ3n) is 3.81. The summed E-state index contributed by atoms with van der Waals surface area (Å²) in [6.07, 6.45) is 0.657. The van der Waals surface area contributed by atoms with E-state index < -0.39 is 6.10 Å². The summed E-state index contributed by atoms with van der Waals surface area (Å²) in [5.41, 5.74) is 0.822. The van der Waals surface area contributed by atoms with Gasteiger partial charge in [0.2, 0.25) is 0 Å². The number of hydrogen-bond acceptors (Lipinski definition) is 3. The smallest absolute Gasteiger partial charge is 0.191 e. The minimum atomic E-state index is -0.641. The molecule has 3 atom stereocenters. The zero-order valence-electron chi connectivity index (χ0n) is 14.5. The lowest BCUT2D eigenvalue weighted by atomic mass is 10.1. The molecule has 23 heavy (non-hydrogen) atoms. The van der Waals surface area contributed by atoms with Crippen LogP contribution in [0.5, 0.6) is 5.75 Å². The molecule has 1 aromatic rings. The van der Waals surface area contributed by atoms with Gasteiger partial charge < -0.3 is 20.5 Å². The fraction of sp³-hybridized carbons (Fsp3) is 0.611. The van der Waals surface area contributed by atoms with Gasteiger partial charge in [-0.25, -0.2) is 0 Å². The summed E-state index contributed by atoms with van der Waals surface area (Å²) in [5, 5.41) is 17.0. The number of ether oxygens (including phenoxy) is 1. The van der Waals surface area contributed by atoms with Crippen LogP contribution in [0, 0.1) is 5.92 Å². The van der Waals surface area contributed by atoms with Gasteiger partial charge in [0.05, 0.1) is 18.8 Å². The molecule has 0 spiro atoms. The van der Waals surface area contributed by atoms with Crippen molar-refractivity contribution in [3.8, 4) is 5.75 Å². The molecule has 5 nitrogen and oxygen atoms in total. The van der Waals surface area contributed by atoms with Crippen LogP contribution in [-0.4, -0.2) is 36.3 Å². The van der Waals surface area contributed by atoms with Gasteiger partial charge >= 0.3 is 0 Å². The van der Waals surface area contributed by atoms with Crippen LogP contribution in [0.15, 0.2) is 29.3 Å². The fourth-order valence-corrected chi connectivity index (χ4v) is 2.37. The molecule has 0 aliphatic heterocycles. The second-order valence-corrected chi connectivity index (χ2v) is 6.44. The van der Waals surface area contributed by atoms with E-state index in [0.717, 1.165) is 23.8 Å². The summed E-state index contributed by atoms with van der Waals surface area (Å²) >= 11 is 0. The van der Waals surface area contributed by atoms with Crippen LogP contribution in [-0.2, 0) is 0 Å². The van der Waals surface area contributed by atoms with Crippen LogP contribution in [0.2, 0.25) is 0 Å². The predicted molar refractivity (Wildman–Crippen MR) is 93.8 cm³/mol. The highest BCUT2D eigenvalue weighted by Crippen LogP contribution is 2.28. The number of guanidine groups is 1. The Morgan fingerprint density at radius 3 is 2.78 bits per heavy atom. The number of nitrogens with one attached hydrogen (secondary N) is 2. The number of nitrogens with zero attached hydrogens (tertiary/aromatic N) is 1. The lowest BCUT2D eigenvalue weighted by Gasteiger charge is -2.15. The summed E-state index contributed by atoms with van der Waals surface area (Å²) in [5.74, 6) is 2.25. The molecule has 0 bridgehead atoms. The summed E-state index contributed by atoms with van der Waals surface area (Å²) < 4.78 is 5.67. The Balaban J connectivity index is 1.96. The van der Waals surface area contributed by atoms with E-state index in [0.29, 0.717) is 18.5 Å². The van der Waals surface area contributed by atoms with Crippen LogP contribution in [0.1, 0.15) is 45.8 Å². The van der Waals surface area contributed by atoms with Crippen LogP contribution in [0.4, 0.5) is 0 Å². The van der Waals surface area contributed by atoms with Crippen LogP contribution < -0.4 is 15.4 Å². The minimum absolute atomic E-state index is 0.116. The molecule has 1 fully saturated rings. The molecule has 0 radical (unpaired) electrons. The average molecular weight is 319 g/mol. The van der Waals surface area contributed by atoms with Crippen molar-refractivity contribution in [2.45, 2.75) is 52.4 Å². The highest BCUT2D eigenvalue weighted by Gasteiger charge is 2.33. The molecular weight excluding hydrogens is 290 g/mol. The van der Waals surface area contributed by atoms with Gasteiger partial charge in [-0.1, -0.05) is 19.1 Å².